The molecule has 1 aromatic heterocycles. The molecule has 7 heteroatoms. The van der Waals surface area contributed by atoms with E-state index in [0.717, 1.165) is 25.9 Å². The summed E-state index contributed by atoms with van der Waals surface area (Å²) in [5, 5.41) is 0. The molecule has 0 saturated carbocycles. The quantitative estimate of drug-likeness (QED) is 0.634. The Balaban J connectivity index is 1.56. The lowest BCUT2D eigenvalue weighted by atomic mass is 10.2. The van der Waals surface area contributed by atoms with Crippen LogP contribution in [0.25, 0.3) is 0 Å². The third kappa shape index (κ3) is 3.93. The van der Waals surface area contributed by atoms with Gasteiger partial charge in [0.1, 0.15) is 11.4 Å². The molecule has 1 saturated heterocycles. The summed E-state index contributed by atoms with van der Waals surface area (Å²) in [6.07, 6.45) is 3.55. The highest BCUT2D eigenvalue weighted by Crippen LogP contribution is 2.15. The summed E-state index contributed by atoms with van der Waals surface area (Å²) in [5.74, 6) is -0.287. The lowest BCUT2D eigenvalue weighted by Gasteiger charge is -2.13. The molecule has 0 atom stereocenters. The van der Waals surface area contributed by atoms with Crippen molar-refractivity contribution in [3.8, 4) is 5.75 Å². The number of esters is 1. The van der Waals surface area contributed by atoms with Crippen molar-refractivity contribution in [2.75, 3.05) is 26.8 Å². The average Bonchev–Trinajstić information content (AvgIpc) is 3.37. The number of H-pyrrole nitrogens is 1. The molecule has 1 aliphatic rings. The van der Waals surface area contributed by atoms with Crippen molar-refractivity contribution < 1.29 is 23.9 Å². The summed E-state index contributed by atoms with van der Waals surface area (Å²) in [6, 6.07) is 7.88. The van der Waals surface area contributed by atoms with E-state index in [0.29, 0.717) is 22.6 Å². The molecule has 0 radical (unpaired) electrons. The Morgan fingerprint density at radius 2 is 1.77 bits per heavy atom. The van der Waals surface area contributed by atoms with Crippen LogP contribution in [0, 0.1) is 0 Å². The van der Waals surface area contributed by atoms with Gasteiger partial charge < -0.3 is 19.4 Å². The van der Waals surface area contributed by atoms with Gasteiger partial charge in [-0.2, -0.15) is 0 Å². The van der Waals surface area contributed by atoms with E-state index in [1.165, 1.54) is 13.3 Å². The van der Waals surface area contributed by atoms with Crippen LogP contribution in [-0.4, -0.2) is 54.3 Å². The number of hydrogen-bond donors (Lipinski definition) is 1. The lowest BCUT2D eigenvalue weighted by Crippen LogP contribution is -2.27. The van der Waals surface area contributed by atoms with E-state index in [1.807, 2.05) is 0 Å². The second-order valence-corrected chi connectivity index (χ2v) is 6.03. The number of amides is 1. The Hall–Kier alpha value is -3.09. The number of likely N-dealkylation sites (tertiary alicyclic amines) is 1. The summed E-state index contributed by atoms with van der Waals surface area (Å²) < 4.78 is 10.1. The number of benzene rings is 1. The fraction of sp³-hybridized carbons (Fsp3) is 0.316. The van der Waals surface area contributed by atoms with E-state index >= 15 is 0 Å². The number of ketones is 1. The topological polar surface area (TPSA) is 88.7 Å². The van der Waals surface area contributed by atoms with Gasteiger partial charge in [-0.1, -0.05) is 0 Å². The molecule has 0 bridgehead atoms. The first kappa shape index (κ1) is 17.7. The minimum Gasteiger partial charge on any atom is -0.485 e. The van der Waals surface area contributed by atoms with Crippen LogP contribution in [0.1, 0.15) is 44.0 Å². The first-order valence-corrected chi connectivity index (χ1v) is 8.40. The summed E-state index contributed by atoms with van der Waals surface area (Å²) >= 11 is 0. The third-order valence-corrected chi connectivity index (χ3v) is 4.27. The van der Waals surface area contributed by atoms with Crippen LogP contribution in [0.15, 0.2) is 36.5 Å². The zero-order valence-electron chi connectivity index (χ0n) is 14.5. The van der Waals surface area contributed by atoms with E-state index in [1.54, 1.807) is 35.2 Å². The summed E-state index contributed by atoms with van der Waals surface area (Å²) in [5.41, 5.74) is 1.22. The molecule has 2 heterocycles. The maximum absolute atomic E-state index is 12.3. The van der Waals surface area contributed by atoms with E-state index in [2.05, 4.69) is 9.72 Å². The van der Waals surface area contributed by atoms with Crippen LogP contribution >= 0.6 is 0 Å². The molecule has 1 aromatic carbocycles. The molecular weight excluding hydrogens is 336 g/mol. The maximum Gasteiger partial charge on any atom is 0.337 e. The van der Waals surface area contributed by atoms with Gasteiger partial charge in [0.15, 0.2) is 6.61 Å². The summed E-state index contributed by atoms with van der Waals surface area (Å²) in [6.45, 7) is 1.35. The summed E-state index contributed by atoms with van der Waals surface area (Å²) in [4.78, 5) is 40.6. The van der Waals surface area contributed by atoms with Gasteiger partial charge in [0.05, 0.1) is 12.7 Å². The van der Waals surface area contributed by atoms with Crippen molar-refractivity contribution in [3.63, 3.8) is 0 Å². The Morgan fingerprint density at radius 3 is 2.42 bits per heavy atom. The predicted octanol–water partition coefficient (Wildman–Crippen LogP) is 2.30. The number of nitrogens with zero attached hydrogens (tertiary/aromatic N) is 1. The summed E-state index contributed by atoms with van der Waals surface area (Å²) in [7, 11) is 1.31. The fourth-order valence-electron chi connectivity index (χ4n) is 2.81. The van der Waals surface area contributed by atoms with Crippen molar-refractivity contribution in [2.45, 2.75) is 12.8 Å². The number of methoxy groups -OCH3 is 1. The number of carbonyl (C=O) groups is 3. The highest BCUT2D eigenvalue weighted by molar-refractivity contribution is 6.01. The van der Waals surface area contributed by atoms with Crippen LogP contribution in [0.5, 0.6) is 5.75 Å². The molecule has 1 fully saturated rings. The van der Waals surface area contributed by atoms with Gasteiger partial charge >= 0.3 is 5.97 Å². The highest BCUT2D eigenvalue weighted by atomic mass is 16.5. The van der Waals surface area contributed by atoms with E-state index in [4.69, 9.17) is 4.74 Å². The molecule has 136 valence electrons. The Morgan fingerprint density at radius 1 is 1.08 bits per heavy atom. The average molecular weight is 356 g/mol. The monoisotopic (exact) mass is 356 g/mol. The molecule has 0 unspecified atom stereocenters. The number of ether oxygens (including phenoxy) is 2. The van der Waals surface area contributed by atoms with Crippen molar-refractivity contribution in [1.82, 2.24) is 9.88 Å². The SMILES string of the molecule is COC(=O)c1ccc(OCC(=O)c2c[nH]c(C(=O)N3CCCC3)c2)cc1. The molecule has 3 rings (SSSR count). The van der Waals surface area contributed by atoms with Crippen molar-refractivity contribution in [1.29, 1.82) is 0 Å². The van der Waals surface area contributed by atoms with Crippen LogP contribution in [0.4, 0.5) is 0 Å². The van der Waals surface area contributed by atoms with Crippen molar-refractivity contribution >= 4 is 17.7 Å². The zero-order valence-corrected chi connectivity index (χ0v) is 14.5. The van der Waals surface area contributed by atoms with Crippen LogP contribution in [0.3, 0.4) is 0 Å². The molecule has 0 aliphatic carbocycles. The molecule has 2 aromatic rings. The Labute approximate surface area is 150 Å². The molecule has 7 nitrogen and oxygen atoms in total. The predicted molar refractivity (Wildman–Crippen MR) is 93.5 cm³/mol. The molecule has 0 spiro atoms. The third-order valence-electron chi connectivity index (χ3n) is 4.27. The molecule has 1 N–H and O–H groups in total. The number of Topliss-reactive ketones (excluding diaryl/α,β-unsaturated/α-hetero) is 1. The minimum atomic E-state index is -0.435. The molecule has 1 aliphatic heterocycles. The van der Waals surface area contributed by atoms with Crippen molar-refractivity contribution in [3.05, 3.63) is 53.3 Å². The smallest absolute Gasteiger partial charge is 0.337 e. The van der Waals surface area contributed by atoms with E-state index < -0.39 is 5.97 Å². The van der Waals surface area contributed by atoms with Crippen LogP contribution < -0.4 is 4.74 Å². The molecule has 26 heavy (non-hydrogen) atoms. The number of nitrogens with one attached hydrogen (secondary N) is 1. The second kappa shape index (κ2) is 7.86. The second-order valence-electron chi connectivity index (χ2n) is 6.03. The zero-order chi connectivity index (χ0) is 18.5. The van der Waals surface area contributed by atoms with Gasteiger partial charge in [-0.25, -0.2) is 4.79 Å². The van der Waals surface area contributed by atoms with Gasteiger partial charge in [0.2, 0.25) is 5.78 Å². The first-order valence-electron chi connectivity index (χ1n) is 8.40. The van der Waals surface area contributed by atoms with Crippen LogP contribution in [0.2, 0.25) is 0 Å². The number of rotatable bonds is 6. The number of hydrogen-bond acceptors (Lipinski definition) is 5. The van der Waals surface area contributed by atoms with Gasteiger partial charge in [0.25, 0.3) is 5.91 Å². The van der Waals surface area contributed by atoms with Crippen molar-refractivity contribution in [2.24, 2.45) is 0 Å². The normalized spacial score (nSPS) is 13.5. The number of carbonyl (C=O) groups excluding carboxylic acids is 3. The minimum absolute atomic E-state index is 0.0825. The van der Waals surface area contributed by atoms with Gasteiger partial charge in [0, 0.05) is 24.8 Å². The standard InChI is InChI=1S/C19H20N2O5/c1-25-19(24)13-4-6-15(7-5-13)26-12-17(22)14-10-16(20-11-14)18(23)21-8-2-3-9-21/h4-7,10-11,20H,2-3,8-9,12H2,1H3. The van der Waals surface area contributed by atoms with Gasteiger partial charge in [-0.05, 0) is 43.2 Å². The molecular formula is C19H20N2O5. The molecule has 1 amide bonds. The first-order chi connectivity index (χ1) is 12.6. The van der Waals surface area contributed by atoms with E-state index in [-0.39, 0.29) is 18.3 Å². The van der Waals surface area contributed by atoms with Crippen LogP contribution in [-0.2, 0) is 4.74 Å². The highest BCUT2D eigenvalue weighted by Gasteiger charge is 2.21. The lowest BCUT2D eigenvalue weighted by molar-refractivity contribution is 0.0600. The maximum atomic E-state index is 12.3. The van der Waals surface area contributed by atoms with E-state index in [9.17, 15) is 14.4 Å². The van der Waals surface area contributed by atoms with Gasteiger partial charge in [-0.3, -0.25) is 9.59 Å². The number of aromatic nitrogens is 1. The largest absolute Gasteiger partial charge is 0.485 e. The fourth-order valence-corrected chi connectivity index (χ4v) is 2.81. The Kier molecular flexibility index (Phi) is 5.36. The Bertz CT molecular complexity index is 804. The number of aromatic amines is 1. The van der Waals surface area contributed by atoms with Gasteiger partial charge in [-0.15, -0.1) is 0 Å².